The zero-order valence-electron chi connectivity index (χ0n) is 15.6. The van der Waals surface area contributed by atoms with Crippen molar-refractivity contribution >= 4 is 34.9 Å². The molecule has 0 unspecified atom stereocenters. The second kappa shape index (κ2) is 8.29. The van der Waals surface area contributed by atoms with Gasteiger partial charge in [-0.3, -0.25) is 29.8 Å². The molecule has 166 valence electrons. The van der Waals surface area contributed by atoms with E-state index in [9.17, 15) is 59.8 Å². The number of benzene rings is 2. The topological polar surface area (TPSA) is 235 Å². The minimum Gasteiger partial charge on any atom is -0.479 e. The summed E-state index contributed by atoms with van der Waals surface area (Å²) in [5.41, 5.74) is -12.7. The summed E-state index contributed by atoms with van der Waals surface area (Å²) in [4.78, 5) is 69.0. The van der Waals surface area contributed by atoms with Crippen LogP contribution in [0.4, 0.5) is 11.4 Å². The first-order valence-corrected chi connectivity index (χ1v) is 8.28. The first-order valence-electron chi connectivity index (χ1n) is 8.28. The zero-order chi connectivity index (χ0) is 24.4. The molecule has 0 heterocycles. The van der Waals surface area contributed by atoms with E-state index in [1.165, 1.54) is 18.2 Å². The van der Waals surface area contributed by atoms with Crippen LogP contribution in [0.1, 0.15) is 20.7 Å². The molecule has 0 amide bonds. The van der Waals surface area contributed by atoms with Gasteiger partial charge in [0, 0.05) is 23.3 Å². The maximum atomic E-state index is 12.9. The maximum absolute atomic E-state index is 12.9. The fourth-order valence-electron chi connectivity index (χ4n) is 2.78. The number of carbonyl (C=O) groups is 4. The van der Waals surface area contributed by atoms with E-state index < -0.39 is 67.1 Å². The van der Waals surface area contributed by atoms with Gasteiger partial charge >= 0.3 is 11.9 Å². The SMILES string of the molecule is O=C(O)[C@](O)(C(=O)c1ccccc1)[C@](O)(C(=O)O)C(=O)c1cc([N+](=O)[O-])cc([N+](=O)[O-])c1. The molecule has 4 N–H and O–H groups in total. The van der Waals surface area contributed by atoms with Crippen LogP contribution in [0.25, 0.3) is 0 Å². The lowest BCUT2D eigenvalue weighted by Gasteiger charge is -2.34. The van der Waals surface area contributed by atoms with Crippen molar-refractivity contribution in [1.29, 1.82) is 0 Å². The van der Waals surface area contributed by atoms with Gasteiger partial charge in [0.05, 0.1) is 15.9 Å². The lowest BCUT2D eigenvalue weighted by atomic mass is 9.73. The number of hydrogen-bond donors (Lipinski definition) is 4. The summed E-state index contributed by atoms with van der Waals surface area (Å²) in [5.74, 6) is -9.45. The quantitative estimate of drug-likeness (QED) is 0.174. The average molecular weight is 448 g/mol. The summed E-state index contributed by atoms with van der Waals surface area (Å²) < 4.78 is 0. The van der Waals surface area contributed by atoms with E-state index in [4.69, 9.17) is 0 Å². The predicted octanol–water partition coefficient (Wildman–Crippen LogP) is 0.200. The zero-order valence-corrected chi connectivity index (χ0v) is 15.6. The van der Waals surface area contributed by atoms with E-state index in [0.29, 0.717) is 18.2 Å². The molecule has 2 atom stereocenters. The molecule has 0 aliphatic carbocycles. The Bertz CT molecular complexity index is 1130. The Hall–Kier alpha value is -4.56. The number of rotatable bonds is 9. The molecular formula is C18H12N2O12. The van der Waals surface area contributed by atoms with Gasteiger partial charge in [0.25, 0.3) is 22.6 Å². The van der Waals surface area contributed by atoms with Gasteiger partial charge in [0.1, 0.15) is 0 Å². The molecule has 2 aromatic carbocycles. The third kappa shape index (κ3) is 3.66. The van der Waals surface area contributed by atoms with Crippen LogP contribution in [0.2, 0.25) is 0 Å². The van der Waals surface area contributed by atoms with Gasteiger partial charge in [0.15, 0.2) is 0 Å². The predicted molar refractivity (Wildman–Crippen MR) is 100 cm³/mol. The van der Waals surface area contributed by atoms with Gasteiger partial charge in [-0.15, -0.1) is 0 Å². The molecule has 0 spiro atoms. The summed E-state index contributed by atoms with van der Waals surface area (Å²) in [6.45, 7) is 0. The van der Waals surface area contributed by atoms with Crippen LogP contribution in [-0.2, 0) is 9.59 Å². The normalized spacial score (nSPS) is 14.4. The van der Waals surface area contributed by atoms with Crippen LogP contribution in [-0.4, -0.2) is 65.0 Å². The van der Waals surface area contributed by atoms with E-state index in [0.717, 1.165) is 12.1 Å². The Kier molecular flexibility index (Phi) is 6.14. The lowest BCUT2D eigenvalue weighted by molar-refractivity contribution is -0.394. The number of carbonyl (C=O) groups excluding carboxylic acids is 2. The highest BCUT2D eigenvalue weighted by Crippen LogP contribution is 2.33. The minimum absolute atomic E-state index is 0.318. The van der Waals surface area contributed by atoms with E-state index >= 15 is 0 Å². The van der Waals surface area contributed by atoms with Crippen molar-refractivity contribution in [2.75, 3.05) is 0 Å². The maximum Gasteiger partial charge on any atom is 0.348 e. The van der Waals surface area contributed by atoms with Gasteiger partial charge in [0.2, 0.25) is 11.6 Å². The Balaban J connectivity index is 2.82. The number of hydrogen-bond acceptors (Lipinski definition) is 10. The highest BCUT2D eigenvalue weighted by molar-refractivity contribution is 6.28. The number of ketones is 2. The van der Waals surface area contributed by atoms with Crippen molar-refractivity contribution in [3.05, 3.63) is 79.9 Å². The number of nitro benzene ring substituents is 2. The Morgan fingerprint density at radius 3 is 1.41 bits per heavy atom. The number of aliphatic hydroxyl groups is 2. The highest BCUT2D eigenvalue weighted by atomic mass is 16.6. The third-order valence-electron chi connectivity index (χ3n) is 4.42. The number of aliphatic carboxylic acids is 2. The molecule has 0 fully saturated rings. The molecule has 14 nitrogen and oxygen atoms in total. The molecule has 0 bridgehead atoms. The first-order chi connectivity index (χ1) is 14.8. The fraction of sp³-hybridized carbons (Fsp3) is 0.111. The molecule has 2 aromatic rings. The standard InChI is InChI=1S/C18H12N2O12/c21-13(9-4-2-1-3-5-9)17(27,15(23)24)18(28,16(25)26)14(22)10-6-11(19(29)30)8-12(7-10)20(31)32/h1-8,27-28H,(H,23,24)(H,25,26)/t17-,18-/m1/s1. The van der Waals surface area contributed by atoms with Crippen molar-refractivity contribution in [3.8, 4) is 0 Å². The smallest absolute Gasteiger partial charge is 0.348 e. The molecular weight excluding hydrogens is 436 g/mol. The molecule has 0 aliphatic heterocycles. The molecule has 0 aromatic heterocycles. The molecule has 32 heavy (non-hydrogen) atoms. The number of non-ortho nitro benzene ring substituents is 2. The van der Waals surface area contributed by atoms with Gasteiger partial charge < -0.3 is 20.4 Å². The van der Waals surface area contributed by atoms with Gasteiger partial charge in [-0.25, -0.2) is 9.59 Å². The molecule has 0 radical (unpaired) electrons. The first kappa shape index (κ1) is 23.7. The van der Waals surface area contributed by atoms with E-state index in [-0.39, 0.29) is 0 Å². The summed E-state index contributed by atoms with van der Waals surface area (Å²) in [7, 11) is 0. The highest BCUT2D eigenvalue weighted by Gasteiger charge is 2.70. The van der Waals surface area contributed by atoms with Crippen molar-refractivity contribution < 1.29 is 49.5 Å². The molecule has 2 rings (SSSR count). The summed E-state index contributed by atoms with van der Waals surface area (Å²) >= 11 is 0. The molecule has 14 heteroatoms. The van der Waals surface area contributed by atoms with Gasteiger partial charge in [-0.2, -0.15) is 0 Å². The van der Waals surface area contributed by atoms with Crippen molar-refractivity contribution in [2.24, 2.45) is 0 Å². The van der Waals surface area contributed by atoms with Crippen molar-refractivity contribution in [2.45, 2.75) is 11.2 Å². The monoisotopic (exact) mass is 448 g/mol. The van der Waals surface area contributed by atoms with Crippen molar-refractivity contribution in [3.63, 3.8) is 0 Å². The molecule has 0 saturated heterocycles. The lowest BCUT2D eigenvalue weighted by Crippen LogP contribution is -2.71. The second-order valence-corrected chi connectivity index (χ2v) is 6.31. The van der Waals surface area contributed by atoms with Crippen LogP contribution < -0.4 is 0 Å². The Labute approximate surface area is 176 Å². The number of carboxylic acid groups (broad SMARTS) is 2. The van der Waals surface area contributed by atoms with Crippen LogP contribution in [0.5, 0.6) is 0 Å². The van der Waals surface area contributed by atoms with E-state index in [1.807, 2.05) is 0 Å². The average Bonchev–Trinajstić information content (AvgIpc) is 2.76. The summed E-state index contributed by atoms with van der Waals surface area (Å²) in [6, 6.07) is 6.77. The third-order valence-corrected chi connectivity index (χ3v) is 4.42. The second-order valence-electron chi connectivity index (χ2n) is 6.31. The van der Waals surface area contributed by atoms with Crippen LogP contribution in [0.15, 0.2) is 48.5 Å². The summed E-state index contributed by atoms with van der Waals surface area (Å²) in [5, 5.41) is 62.3. The minimum atomic E-state index is -4.44. The van der Waals surface area contributed by atoms with Crippen LogP contribution >= 0.6 is 0 Å². The van der Waals surface area contributed by atoms with Crippen molar-refractivity contribution in [1.82, 2.24) is 0 Å². The molecule has 0 aliphatic rings. The fourth-order valence-corrected chi connectivity index (χ4v) is 2.78. The van der Waals surface area contributed by atoms with Gasteiger partial charge in [-0.1, -0.05) is 30.3 Å². The number of Topliss-reactive ketones (excluding diaryl/α,β-unsaturated/α-hetero) is 2. The van der Waals surface area contributed by atoms with Crippen LogP contribution in [0.3, 0.4) is 0 Å². The number of carboxylic acids is 2. The van der Waals surface area contributed by atoms with Gasteiger partial charge in [-0.05, 0) is 0 Å². The molecule has 0 saturated carbocycles. The number of nitro groups is 2. The Morgan fingerprint density at radius 2 is 1.06 bits per heavy atom. The summed E-state index contributed by atoms with van der Waals surface area (Å²) in [6.07, 6.45) is 0. The van der Waals surface area contributed by atoms with E-state index in [1.54, 1.807) is 0 Å². The largest absolute Gasteiger partial charge is 0.479 e. The Morgan fingerprint density at radius 1 is 0.688 bits per heavy atom. The number of nitrogens with zero attached hydrogens (tertiary/aromatic N) is 2. The van der Waals surface area contributed by atoms with E-state index in [2.05, 4.69) is 0 Å². The van der Waals surface area contributed by atoms with Crippen LogP contribution in [0, 0.1) is 20.2 Å².